The molecule has 0 spiro atoms. The summed E-state index contributed by atoms with van der Waals surface area (Å²) in [6.07, 6.45) is 5.51. The van der Waals surface area contributed by atoms with Gasteiger partial charge in [-0.1, -0.05) is 24.1 Å². The number of hydrogen-bond acceptors (Lipinski definition) is 2. The van der Waals surface area contributed by atoms with Gasteiger partial charge in [0.05, 0.1) is 0 Å². The molecule has 1 aliphatic rings. The zero-order chi connectivity index (χ0) is 10.7. The number of rotatable bonds is 1. The average Bonchev–Trinajstić information content (AvgIpc) is 2.30. The number of nitrogens with zero attached hydrogens (tertiary/aromatic N) is 1. The number of piperazine rings is 1. The molecule has 2 rings (SSSR count). The van der Waals surface area contributed by atoms with Crippen LogP contribution in [0.5, 0.6) is 0 Å². The van der Waals surface area contributed by atoms with Crippen LogP contribution in [-0.2, 0) is 0 Å². The van der Waals surface area contributed by atoms with Crippen molar-refractivity contribution in [3.05, 3.63) is 35.4 Å². The van der Waals surface area contributed by atoms with Crippen LogP contribution >= 0.6 is 0 Å². The number of hydrogen-bond donors (Lipinski definition) is 1. The second kappa shape index (κ2) is 4.48. The molecule has 0 radical (unpaired) electrons. The van der Waals surface area contributed by atoms with E-state index in [0.29, 0.717) is 6.04 Å². The van der Waals surface area contributed by atoms with Crippen LogP contribution < -0.4 is 5.32 Å². The van der Waals surface area contributed by atoms with E-state index in [1.165, 1.54) is 5.56 Å². The van der Waals surface area contributed by atoms with Gasteiger partial charge in [-0.3, -0.25) is 4.90 Å². The van der Waals surface area contributed by atoms with E-state index >= 15 is 0 Å². The highest BCUT2D eigenvalue weighted by Crippen LogP contribution is 2.23. The van der Waals surface area contributed by atoms with Crippen LogP contribution in [0.4, 0.5) is 0 Å². The van der Waals surface area contributed by atoms with Gasteiger partial charge in [0.25, 0.3) is 0 Å². The molecule has 2 heteroatoms. The van der Waals surface area contributed by atoms with Gasteiger partial charge < -0.3 is 5.32 Å². The van der Waals surface area contributed by atoms with Gasteiger partial charge in [0.15, 0.2) is 0 Å². The summed E-state index contributed by atoms with van der Waals surface area (Å²) in [6.45, 7) is 3.12. The Morgan fingerprint density at radius 3 is 3.00 bits per heavy atom. The molecule has 1 saturated heterocycles. The van der Waals surface area contributed by atoms with Crippen molar-refractivity contribution in [2.75, 3.05) is 26.7 Å². The lowest BCUT2D eigenvalue weighted by Crippen LogP contribution is -2.44. The third-order valence-electron chi connectivity index (χ3n) is 2.99. The number of nitrogens with one attached hydrogen (secondary N) is 1. The molecular formula is C13H16N2. The molecule has 1 aliphatic heterocycles. The summed E-state index contributed by atoms with van der Waals surface area (Å²) < 4.78 is 0. The highest BCUT2D eigenvalue weighted by Gasteiger charge is 2.21. The molecule has 0 saturated carbocycles. The van der Waals surface area contributed by atoms with E-state index in [2.05, 4.69) is 35.3 Å². The Morgan fingerprint density at radius 2 is 2.27 bits per heavy atom. The smallest absolute Gasteiger partial charge is 0.0482 e. The molecule has 1 aromatic carbocycles. The van der Waals surface area contributed by atoms with Crippen molar-refractivity contribution < 1.29 is 0 Å². The predicted octanol–water partition coefficient (Wildman–Crippen LogP) is 1.24. The Hall–Kier alpha value is -1.30. The summed E-state index contributed by atoms with van der Waals surface area (Å²) in [7, 11) is 2.15. The van der Waals surface area contributed by atoms with Crippen LogP contribution in [0.2, 0.25) is 0 Å². The predicted molar refractivity (Wildman–Crippen MR) is 62.6 cm³/mol. The molecule has 1 heterocycles. The molecular weight excluding hydrogens is 184 g/mol. The molecule has 0 aromatic heterocycles. The van der Waals surface area contributed by atoms with Crippen molar-refractivity contribution in [1.29, 1.82) is 0 Å². The van der Waals surface area contributed by atoms with Gasteiger partial charge >= 0.3 is 0 Å². The first-order valence-corrected chi connectivity index (χ1v) is 5.29. The van der Waals surface area contributed by atoms with E-state index in [0.717, 1.165) is 25.2 Å². The minimum Gasteiger partial charge on any atom is -0.314 e. The van der Waals surface area contributed by atoms with Gasteiger partial charge in [-0.2, -0.15) is 0 Å². The summed E-state index contributed by atoms with van der Waals surface area (Å²) in [4.78, 5) is 2.35. The molecule has 1 atom stereocenters. The lowest BCUT2D eigenvalue weighted by molar-refractivity contribution is 0.202. The summed E-state index contributed by atoms with van der Waals surface area (Å²) in [6, 6.07) is 8.60. The van der Waals surface area contributed by atoms with E-state index in [1.54, 1.807) is 0 Å². The van der Waals surface area contributed by atoms with E-state index in [-0.39, 0.29) is 0 Å². The minimum atomic E-state index is 0.408. The fraction of sp³-hybridized carbons (Fsp3) is 0.385. The van der Waals surface area contributed by atoms with Crippen LogP contribution in [0.25, 0.3) is 0 Å². The number of terminal acetylenes is 1. The van der Waals surface area contributed by atoms with Crippen LogP contribution in [0.3, 0.4) is 0 Å². The highest BCUT2D eigenvalue weighted by molar-refractivity contribution is 5.41. The molecule has 2 nitrogen and oxygen atoms in total. The molecule has 1 unspecified atom stereocenters. The molecule has 15 heavy (non-hydrogen) atoms. The number of benzene rings is 1. The van der Waals surface area contributed by atoms with E-state index in [1.807, 2.05) is 12.1 Å². The molecule has 0 aliphatic carbocycles. The first-order chi connectivity index (χ1) is 7.33. The third-order valence-corrected chi connectivity index (χ3v) is 2.99. The Balaban J connectivity index is 2.31. The number of likely N-dealkylation sites (N-methyl/N-ethyl adjacent to an activating group) is 1. The Bertz CT molecular complexity index is 378. The van der Waals surface area contributed by atoms with Crippen molar-refractivity contribution in [2.24, 2.45) is 0 Å². The van der Waals surface area contributed by atoms with Gasteiger partial charge in [0.2, 0.25) is 0 Å². The summed E-state index contributed by atoms with van der Waals surface area (Å²) in [5.74, 6) is 2.76. The Kier molecular flexibility index (Phi) is 3.05. The Labute approximate surface area is 91.3 Å². The molecule has 1 fully saturated rings. The van der Waals surface area contributed by atoms with Crippen LogP contribution in [-0.4, -0.2) is 31.6 Å². The third kappa shape index (κ3) is 2.04. The maximum atomic E-state index is 5.51. The monoisotopic (exact) mass is 200 g/mol. The van der Waals surface area contributed by atoms with Gasteiger partial charge in [0.1, 0.15) is 0 Å². The van der Waals surface area contributed by atoms with Crippen LogP contribution in [0.1, 0.15) is 17.2 Å². The van der Waals surface area contributed by atoms with Crippen molar-refractivity contribution in [1.82, 2.24) is 10.2 Å². The van der Waals surface area contributed by atoms with Gasteiger partial charge in [-0.05, 0) is 18.7 Å². The quantitative estimate of drug-likeness (QED) is 0.686. The zero-order valence-electron chi connectivity index (χ0n) is 9.03. The summed E-state index contributed by atoms with van der Waals surface area (Å²) in [5, 5.41) is 3.40. The van der Waals surface area contributed by atoms with Crippen LogP contribution in [0.15, 0.2) is 24.3 Å². The molecule has 0 bridgehead atoms. The fourth-order valence-corrected chi connectivity index (χ4v) is 2.07. The first kappa shape index (κ1) is 10.2. The molecule has 1 aromatic rings. The minimum absolute atomic E-state index is 0.408. The van der Waals surface area contributed by atoms with E-state index < -0.39 is 0 Å². The maximum Gasteiger partial charge on any atom is 0.0482 e. The molecule has 78 valence electrons. The van der Waals surface area contributed by atoms with Gasteiger partial charge in [-0.25, -0.2) is 0 Å². The van der Waals surface area contributed by atoms with E-state index in [9.17, 15) is 0 Å². The van der Waals surface area contributed by atoms with Crippen molar-refractivity contribution in [3.63, 3.8) is 0 Å². The standard InChI is InChI=1S/C13H16N2/c1-3-11-6-4-5-7-12(11)13-10-14-8-9-15(13)2/h1,4-7,13-14H,8-10H2,2H3. The van der Waals surface area contributed by atoms with Crippen molar-refractivity contribution in [2.45, 2.75) is 6.04 Å². The van der Waals surface area contributed by atoms with Gasteiger partial charge in [0, 0.05) is 31.2 Å². The summed E-state index contributed by atoms with van der Waals surface area (Å²) >= 11 is 0. The summed E-state index contributed by atoms with van der Waals surface area (Å²) in [5.41, 5.74) is 2.27. The lowest BCUT2D eigenvalue weighted by Gasteiger charge is -2.33. The largest absolute Gasteiger partial charge is 0.314 e. The van der Waals surface area contributed by atoms with Crippen molar-refractivity contribution in [3.8, 4) is 12.3 Å². The molecule has 0 amide bonds. The second-order valence-electron chi connectivity index (χ2n) is 3.93. The van der Waals surface area contributed by atoms with E-state index in [4.69, 9.17) is 6.42 Å². The maximum absolute atomic E-state index is 5.51. The zero-order valence-corrected chi connectivity index (χ0v) is 9.03. The first-order valence-electron chi connectivity index (χ1n) is 5.29. The lowest BCUT2D eigenvalue weighted by atomic mass is 9.98. The topological polar surface area (TPSA) is 15.3 Å². The van der Waals surface area contributed by atoms with Crippen molar-refractivity contribution >= 4 is 0 Å². The SMILES string of the molecule is C#Cc1ccccc1C1CNCCN1C. The molecule has 1 N–H and O–H groups in total. The normalized spacial score (nSPS) is 22.3. The second-order valence-corrected chi connectivity index (χ2v) is 3.93. The Morgan fingerprint density at radius 1 is 1.47 bits per heavy atom. The highest BCUT2D eigenvalue weighted by atomic mass is 15.2. The fourth-order valence-electron chi connectivity index (χ4n) is 2.07. The van der Waals surface area contributed by atoms with Crippen LogP contribution in [0, 0.1) is 12.3 Å². The average molecular weight is 200 g/mol. The van der Waals surface area contributed by atoms with Gasteiger partial charge in [-0.15, -0.1) is 6.42 Å².